The summed E-state index contributed by atoms with van der Waals surface area (Å²) in [7, 11) is -3.39. The molecule has 1 aliphatic rings. The van der Waals surface area contributed by atoms with E-state index in [4.69, 9.17) is 4.74 Å². The fourth-order valence-corrected chi connectivity index (χ4v) is 6.35. The standard InChI is InChI=1S/C11H18N2O2S.C11H15NO.C10H15N.2C9H13N.5C3H8/c1-4-5-13-16(14,15)11-6-10(9(2)3)7-12-8-11;1-8(2)9-5-11(7-12-6-9)13-10-3-4-10;1-4-9-5-10(8(2)3)7-11-6-9;2*1-7(2)9-4-8(3)5-10-6-9;5*1-3-2/h6-9,13H,4-5H2,1-3H3;5-8,10H,3-4H2,1-2H3;5-8H,4H2,1-3H3;2*4-7H,1-3H3;5*3H2,1-2H3. The number of hydrogen-bond donors (Lipinski definition) is 1. The highest BCUT2D eigenvalue weighted by atomic mass is 32.2. The molecule has 0 unspecified atom stereocenters. The molecule has 0 amide bonds. The van der Waals surface area contributed by atoms with Crippen molar-refractivity contribution in [2.45, 2.75) is 265 Å². The lowest BCUT2D eigenvalue weighted by atomic mass is 10.0. The van der Waals surface area contributed by atoms with Crippen molar-refractivity contribution in [2.75, 3.05) is 6.54 Å². The van der Waals surface area contributed by atoms with E-state index in [1.807, 2.05) is 64.1 Å². The summed E-state index contributed by atoms with van der Waals surface area (Å²) in [6.07, 6.45) is 29.2. The van der Waals surface area contributed by atoms with Gasteiger partial charge in [0.15, 0.2) is 0 Å². The zero-order chi connectivity index (χ0) is 58.4. The molecular weight excluding hydrogens is 945 g/mol. The molecule has 0 bridgehead atoms. The van der Waals surface area contributed by atoms with Crippen molar-refractivity contribution < 1.29 is 13.2 Å². The maximum atomic E-state index is 11.8. The van der Waals surface area contributed by atoms with E-state index in [0.717, 1.165) is 24.2 Å². The minimum atomic E-state index is -3.39. The minimum absolute atomic E-state index is 0.243. The lowest BCUT2D eigenvalue weighted by Gasteiger charge is -2.08. The molecular formula is C65H114N6O3S. The SMILES string of the molecule is CC(C)c1cncc(OC2CC2)c1.CCC.CCC.CCC.CCC.CCC.CCCNS(=O)(=O)c1cncc(C(C)C)c1.CCc1cncc(C(C)C)c1.Cc1cncc(C(C)C)c1.Cc1cncc(C(C)C)c1. The van der Waals surface area contributed by atoms with Crippen LogP contribution in [0.5, 0.6) is 5.75 Å². The molecule has 9 nitrogen and oxygen atoms in total. The Kier molecular flexibility index (Phi) is 50.3. The van der Waals surface area contributed by atoms with Gasteiger partial charge in [-0.15, -0.1) is 0 Å². The first-order chi connectivity index (χ1) is 35.4. The summed E-state index contributed by atoms with van der Waals surface area (Å²) < 4.78 is 31.8. The molecule has 6 rings (SSSR count). The van der Waals surface area contributed by atoms with Gasteiger partial charge >= 0.3 is 0 Å². The van der Waals surface area contributed by atoms with Gasteiger partial charge in [-0.25, -0.2) is 13.1 Å². The normalized spacial score (nSPS) is 10.9. The number of rotatable bonds is 12. The predicted molar refractivity (Wildman–Crippen MR) is 329 cm³/mol. The van der Waals surface area contributed by atoms with E-state index in [1.54, 1.807) is 18.5 Å². The maximum absolute atomic E-state index is 11.8. The molecule has 1 saturated carbocycles. The Morgan fingerprint density at radius 3 is 1.09 bits per heavy atom. The van der Waals surface area contributed by atoms with Crippen molar-refractivity contribution in [3.63, 3.8) is 0 Å². The Morgan fingerprint density at radius 1 is 0.453 bits per heavy atom. The molecule has 0 spiro atoms. The van der Waals surface area contributed by atoms with Crippen LogP contribution in [0.1, 0.15) is 278 Å². The van der Waals surface area contributed by atoms with Gasteiger partial charge in [0.05, 0.1) is 12.3 Å². The molecule has 0 saturated heterocycles. The van der Waals surface area contributed by atoms with E-state index in [2.05, 4.69) is 199 Å². The smallest absolute Gasteiger partial charge is 0.242 e. The van der Waals surface area contributed by atoms with Crippen LogP contribution in [0, 0.1) is 13.8 Å². The summed E-state index contributed by atoms with van der Waals surface area (Å²) in [5.74, 6) is 3.49. The molecule has 5 heterocycles. The Morgan fingerprint density at radius 2 is 0.773 bits per heavy atom. The highest BCUT2D eigenvalue weighted by Gasteiger charge is 2.23. The third kappa shape index (κ3) is 43.3. The van der Waals surface area contributed by atoms with Crippen LogP contribution in [0.3, 0.4) is 0 Å². The second-order valence-electron chi connectivity index (χ2n) is 20.5. The largest absolute Gasteiger partial charge is 0.489 e. The first kappa shape index (κ1) is 77.0. The summed E-state index contributed by atoms with van der Waals surface area (Å²) in [5, 5.41) is 0. The van der Waals surface area contributed by atoms with Crippen LogP contribution in [0.2, 0.25) is 0 Å². The number of nitrogens with one attached hydrogen (secondary N) is 1. The number of nitrogens with zero attached hydrogens (tertiary/aromatic N) is 5. The first-order valence-electron chi connectivity index (χ1n) is 28.8. The van der Waals surface area contributed by atoms with E-state index < -0.39 is 10.0 Å². The molecule has 0 atom stereocenters. The first-order valence-corrected chi connectivity index (χ1v) is 30.2. The van der Waals surface area contributed by atoms with Gasteiger partial charge in [0.25, 0.3) is 0 Å². The average molecular weight is 1060 g/mol. The predicted octanol–water partition coefficient (Wildman–Crippen LogP) is 19.5. The number of ether oxygens (including phenoxy) is 1. The number of sulfonamides is 1. The lowest BCUT2D eigenvalue weighted by Crippen LogP contribution is -2.24. The molecule has 0 aliphatic heterocycles. The molecule has 1 N–H and O–H groups in total. The van der Waals surface area contributed by atoms with Crippen molar-refractivity contribution in [3.05, 3.63) is 137 Å². The summed E-state index contributed by atoms with van der Waals surface area (Å²) in [5.41, 5.74) is 9.97. The second-order valence-corrected chi connectivity index (χ2v) is 22.3. The zero-order valence-electron chi connectivity index (χ0n) is 52.6. The van der Waals surface area contributed by atoms with Gasteiger partial charge in [-0.2, -0.15) is 0 Å². The van der Waals surface area contributed by atoms with Gasteiger partial charge in [0, 0.05) is 62.3 Å². The maximum Gasteiger partial charge on any atom is 0.242 e. The van der Waals surface area contributed by atoms with Crippen molar-refractivity contribution in [2.24, 2.45) is 0 Å². The monoisotopic (exact) mass is 1060 g/mol. The minimum Gasteiger partial charge on any atom is -0.489 e. The Balaban J connectivity index is -0.000000396. The summed E-state index contributed by atoms with van der Waals surface area (Å²) in [6, 6.07) is 10.4. The molecule has 428 valence electrons. The van der Waals surface area contributed by atoms with Crippen molar-refractivity contribution in [1.29, 1.82) is 0 Å². The van der Waals surface area contributed by atoms with Crippen LogP contribution in [0.15, 0.2) is 97.2 Å². The quantitative estimate of drug-likeness (QED) is 0.131. The van der Waals surface area contributed by atoms with Crippen LogP contribution >= 0.6 is 0 Å². The molecule has 75 heavy (non-hydrogen) atoms. The van der Waals surface area contributed by atoms with E-state index in [-0.39, 0.29) is 10.8 Å². The van der Waals surface area contributed by atoms with Gasteiger partial charge in [-0.3, -0.25) is 24.9 Å². The number of aromatic nitrogens is 5. The molecule has 5 aromatic heterocycles. The fraction of sp³-hybridized carbons (Fsp3) is 0.615. The topological polar surface area (TPSA) is 120 Å². The Hall–Kier alpha value is -4.54. The highest BCUT2D eigenvalue weighted by molar-refractivity contribution is 7.89. The van der Waals surface area contributed by atoms with Crippen molar-refractivity contribution in [1.82, 2.24) is 29.6 Å². The summed E-state index contributed by atoms with van der Waals surface area (Å²) in [6.45, 7) is 51.3. The Labute approximate surface area is 464 Å². The number of pyridine rings is 5. The number of hydrogen-bond acceptors (Lipinski definition) is 8. The van der Waals surface area contributed by atoms with Crippen LogP contribution < -0.4 is 9.46 Å². The van der Waals surface area contributed by atoms with Crippen LogP contribution in [-0.2, 0) is 16.4 Å². The molecule has 5 aromatic rings. The summed E-state index contributed by atoms with van der Waals surface area (Å²) >= 11 is 0. The van der Waals surface area contributed by atoms with Crippen molar-refractivity contribution >= 4 is 10.0 Å². The van der Waals surface area contributed by atoms with Crippen LogP contribution in [0.4, 0.5) is 0 Å². The van der Waals surface area contributed by atoms with E-state index in [1.165, 1.54) is 90.1 Å². The van der Waals surface area contributed by atoms with Crippen LogP contribution in [-0.4, -0.2) is 46.0 Å². The van der Waals surface area contributed by atoms with Crippen molar-refractivity contribution in [3.8, 4) is 5.75 Å². The van der Waals surface area contributed by atoms with E-state index in [9.17, 15) is 8.42 Å². The molecule has 1 aliphatic carbocycles. The van der Waals surface area contributed by atoms with Gasteiger partial charge < -0.3 is 4.74 Å². The Bertz CT molecular complexity index is 2110. The molecule has 0 aromatic carbocycles. The molecule has 0 radical (unpaired) electrons. The molecule has 10 heteroatoms. The van der Waals surface area contributed by atoms with Gasteiger partial charge in [-0.1, -0.05) is 203 Å². The second kappa shape index (κ2) is 49.1. The van der Waals surface area contributed by atoms with Gasteiger partial charge in [0.2, 0.25) is 10.0 Å². The van der Waals surface area contributed by atoms with E-state index in [0.29, 0.717) is 36.3 Å². The van der Waals surface area contributed by atoms with E-state index >= 15 is 0 Å². The van der Waals surface area contributed by atoms with Gasteiger partial charge in [0.1, 0.15) is 10.6 Å². The summed E-state index contributed by atoms with van der Waals surface area (Å²) in [4.78, 5) is 20.8. The fourth-order valence-electron chi connectivity index (χ4n) is 5.22. The molecule has 1 fully saturated rings. The third-order valence-corrected chi connectivity index (χ3v) is 10.9. The number of aryl methyl sites for hydroxylation is 3. The van der Waals surface area contributed by atoms with Gasteiger partial charge in [-0.05, 0) is 126 Å². The average Bonchev–Trinajstić information content (AvgIpc) is 4.19. The highest BCUT2D eigenvalue weighted by Crippen LogP contribution is 2.28. The lowest BCUT2D eigenvalue weighted by molar-refractivity contribution is 0.301. The third-order valence-electron chi connectivity index (χ3n) is 9.50. The zero-order valence-corrected chi connectivity index (χ0v) is 53.4. The van der Waals surface area contributed by atoms with Crippen LogP contribution in [0.25, 0.3) is 0 Å².